The number of nitro benzene ring substituents is 1. The van der Waals surface area contributed by atoms with Gasteiger partial charge in [-0.3, -0.25) is 20.3 Å². The first kappa shape index (κ1) is 19.6. The van der Waals surface area contributed by atoms with Crippen molar-refractivity contribution in [2.75, 3.05) is 17.3 Å². The minimum absolute atomic E-state index is 0.160. The lowest BCUT2D eigenvalue weighted by atomic mass is 10.3. The number of rotatable bonds is 7. The molecule has 0 heterocycles. The summed E-state index contributed by atoms with van der Waals surface area (Å²) in [5, 5.41) is 15.4. The van der Waals surface area contributed by atoms with Crippen LogP contribution < -0.4 is 14.9 Å². The maximum absolute atomic E-state index is 13.0. The molecule has 10 heteroatoms. The van der Waals surface area contributed by atoms with Gasteiger partial charge in [-0.2, -0.15) is 5.10 Å². The number of hydrazone groups is 1. The highest BCUT2D eigenvalue weighted by Crippen LogP contribution is 2.31. The first-order valence-electron chi connectivity index (χ1n) is 8.66. The highest BCUT2D eigenvalue weighted by Gasteiger charge is 2.24. The van der Waals surface area contributed by atoms with E-state index in [-0.39, 0.29) is 22.0 Å². The van der Waals surface area contributed by atoms with Crippen LogP contribution in [0, 0.1) is 10.1 Å². The van der Waals surface area contributed by atoms with Crippen molar-refractivity contribution in [2.24, 2.45) is 5.10 Å². The SMILES string of the molecule is COc1ccccc1NS(=O)(=O)c1cc([N+](=O)[O-])ccc1NN=C1CCCC1. The maximum atomic E-state index is 13.0. The van der Waals surface area contributed by atoms with Crippen molar-refractivity contribution in [3.63, 3.8) is 0 Å². The van der Waals surface area contributed by atoms with E-state index in [1.165, 1.54) is 19.2 Å². The molecule has 148 valence electrons. The van der Waals surface area contributed by atoms with Gasteiger partial charge in [0.15, 0.2) is 0 Å². The third-order valence-corrected chi connectivity index (χ3v) is 5.74. The molecule has 2 aromatic rings. The number of hydrogen-bond donors (Lipinski definition) is 2. The standard InChI is InChI=1S/C18H20N4O5S/c1-27-17-9-5-4-8-15(17)21-28(25,26)18-12-14(22(23)24)10-11-16(18)20-19-13-6-2-3-7-13/h4-5,8-12,20-21H,2-3,6-7H2,1H3. The van der Waals surface area contributed by atoms with Crippen LogP contribution in [0.5, 0.6) is 5.75 Å². The maximum Gasteiger partial charge on any atom is 0.270 e. The van der Waals surface area contributed by atoms with Gasteiger partial charge in [-0.25, -0.2) is 8.42 Å². The molecule has 1 aliphatic carbocycles. The van der Waals surface area contributed by atoms with Gasteiger partial charge in [0.05, 0.1) is 23.4 Å². The minimum atomic E-state index is -4.14. The van der Waals surface area contributed by atoms with Gasteiger partial charge in [-0.1, -0.05) is 12.1 Å². The average Bonchev–Trinajstić information content (AvgIpc) is 3.20. The monoisotopic (exact) mass is 404 g/mol. The number of methoxy groups -OCH3 is 1. The second kappa shape index (κ2) is 8.26. The fraction of sp³-hybridized carbons (Fsp3) is 0.278. The number of nitrogens with zero attached hydrogens (tertiary/aromatic N) is 2. The van der Waals surface area contributed by atoms with Gasteiger partial charge in [-0.05, 0) is 43.9 Å². The molecule has 0 atom stereocenters. The number of nitro groups is 1. The van der Waals surface area contributed by atoms with Crippen LogP contribution in [0.1, 0.15) is 25.7 Å². The van der Waals surface area contributed by atoms with Gasteiger partial charge >= 0.3 is 0 Å². The van der Waals surface area contributed by atoms with E-state index < -0.39 is 14.9 Å². The molecule has 0 bridgehead atoms. The normalized spacial score (nSPS) is 13.8. The Hall–Kier alpha value is -3.14. The number of nitrogens with one attached hydrogen (secondary N) is 2. The molecule has 0 aliphatic heterocycles. The van der Waals surface area contributed by atoms with E-state index in [4.69, 9.17) is 4.74 Å². The van der Waals surface area contributed by atoms with E-state index in [0.717, 1.165) is 37.5 Å². The zero-order chi connectivity index (χ0) is 20.1. The quantitative estimate of drug-likeness (QED) is 0.535. The Morgan fingerprint density at radius 3 is 2.50 bits per heavy atom. The van der Waals surface area contributed by atoms with Crippen molar-refractivity contribution in [1.82, 2.24) is 0 Å². The van der Waals surface area contributed by atoms with Gasteiger partial charge in [0.25, 0.3) is 15.7 Å². The van der Waals surface area contributed by atoms with Gasteiger partial charge in [0.2, 0.25) is 0 Å². The molecule has 2 N–H and O–H groups in total. The average molecular weight is 404 g/mol. The van der Waals surface area contributed by atoms with Crippen molar-refractivity contribution in [2.45, 2.75) is 30.6 Å². The molecule has 0 saturated heterocycles. The molecule has 0 unspecified atom stereocenters. The summed E-state index contributed by atoms with van der Waals surface area (Å²) < 4.78 is 33.6. The van der Waals surface area contributed by atoms with Gasteiger partial charge in [0, 0.05) is 17.8 Å². The summed E-state index contributed by atoms with van der Waals surface area (Å²) in [6.07, 6.45) is 3.78. The molecule has 0 aromatic heterocycles. The molecule has 28 heavy (non-hydrogen) atoms. The summed E-state index contributed by atoms with van der Waals surface area (Å²) in [5.41, 5.74) is 3.75. The Morgan fingerprint density at radius 2 is 1.82 bits per heavy atom. The number of benzene rings is 2. The molecule has 3 rings (SSSR count). The molecule has 1 fully saturated rings. The molecule has 0 spiro atoms. The lowest BCUT2D eigenvalue weighted by molar-refractivity contribution is -0.385. The van der Waals surface area contributed by atoms with Crippen LogP contribution in [0.25, 0.3) is 0 Å². The first-order chi connectivity index (χ1) is 13.4. The van der Waals surface area contributed by atoms with Crippen LogP contribution in [-0.2, 0) is 10.0 Å². The van der Waals surface area contributed by atoms with E-state index >= 15 is 0 Å². The third-order valence-electron chi connectivity index (χ3n) is 4.33. The second-order valence-electron chi connectivity index (χ2n) is 6.24. The Labute approximate surface area is 162 Å². The number of anilines is 2. The molecule has 9 nitrogen and oxygen atoms in total. The van der Waals surface area contributed by atoms with E-state index in [1.807, 2.05) is 0 Å². The second-order valence-corrected chi connectivity index (χ2v) is 7.89. The predicted octanol–water partition coefficient (Wildman–Crippen LogP) is 3.75. The highest BCUT2D eigenvalue weighted by molar-refractivity contribution is 7.93. The molecule has 2 aromatic carbocycles. The molecule has 0 radical (unpaired) electrons. The van der Waals surface area contributed by atoms with E-state index in [0.29, 0.717) is 5.75 Å². The van der Waals surface area contributed by atoms with Gasteiger partial charge in [-0.15, -0.1) is 0 Å². The minimum Gasteiger partial charge on any atom is -0.495 e. The van der Waals surface area contributed by atoms with E-state index in [9.17, 15) is 18.5 Å². The highest BCUT2D eigenvalue weighted by atomic mass is 32.2. The molecular formula is C18H20N4O5S. The number of hydrogen-bond acceptors (Lipinski definition) is 7. The number of sulfonamides is 1. The summed E-state index contributed by atoms with van der Waals surface area (Å²) in [5.74, 6) is 0.331. The van der Waals surface area contributed by atoms with Crippen LogP contribution in [0.4, 0.5) is 17.1 Å². The van der Waals surface area contributed by atoms with Crippen LogP contribution in [0.2, 0.25) is 0 Å². The Bertz CT molecular complexity index is 1010. The van der Waals surface area contributed by atoms with Crippen LogP contribution >= 0.6 is 0 Å². The number of non-ortho nitro benzene ring substituents is 1. The summed E-state index contributed by atoms with van der Waals surface area (Å²) in [4.78, 5) is 10.2. The zero-order valence-corrected chi connectivity index (χ0v) is 16.0. The van der Waals surface area contributed by atoms with Crippen LogP contribution in [0.3, 0.4) is 0 Å². The topological polar surface area (TPSA) is 123 Å². The predicted molar refractivity (Wildman–Crippen MR) is 106 cm³/mol. The van der Waals surface area contributed by atoms with Crippen molar-refractivity contribution in [3.05, 3.63) is 52.6 Å². The Balaban J connectivity index is 1.99. The molecule has 1 aliphatic rings. The van der Waals surface area contributed by atoms with E-state index in [2.05, 4.69) is 15.2 Å². The van der Waals surface area contributed by atoms with Gasteiger partial charge < -0.3 is 4.74 Å². The van der Waals surface area contributed by atoms with Gasteiger partial charge in [0.1, 0.15) is 10.6 Å². The van der Waals surface area contributed by atoms with Crippen molar-refractivity contribution in [3.8, 4) is 5.75 Å². The molecule has 0 amide bonds. The first-order valence-corrected chi connectivity index (χ1v) is 10.1. The summed E-state index contributed by atoms with van der Waals surface area (Å²) in [6, 6.07) is 10.1. The van der Waals surface area contributed by atoms with Crippen molar-refractivity contribution < 1.29 is 18.1 Å². The summed E-state index contributed by atoms with van der Waals surface area (Å²) in [6.45, 7) is 0. The largest absolute Gasteiger partial charge is 0.495 e. The number of para-hydroxylation sites is 2. The fourth-order valence-electron chi connectivity index (χ4n) is 2.90. The van der Waals surface area contributed by atoms with E-state index in [1.54, 1.807) is 24.3 Å². The lowest BCUT2D eigenvalue weighted by Crippen LogP contribution is -2.16. The molecule has 1 saturated carbocycles. The Kier molecular flexibility index (Phi) is 5.78. The smallest absolute Gasteiger partial charge is 0.270 e. The fourth-order valence-corrected chi connectivity index (χ4v) is 4.15. The summed E-state index contributed by atoms with van der Waals surface area (Å²) >= 11 is 0. The van der Waals surface area contributed by atoms with Crippen molar-refractivity contribution >= 4 is 32.8 Å². The zero-order valence-electron chi connectivity index (χ0n) is 15.2. The Morgan fingerprint density at radius 1 is 1.11 bits per heavy atom. The third kappa shape index (κ3) is 4.39. The van der Waals surface area contributed by atoms with Crippen molar-refractivity contribution in [1.29, 1.82) is 0 Å². The lowest BCUT2D eigenvalue weighted by Gasteiger charge is -2.14. The van der Waals surface area contributed by atoms with Crippen LogP contribution in [-0.4, -0.2) is 26.2 Å². The number of ether oxygens (including phenoxy) is 1. The summed E-state index contributed by atoms with van der Waals surface area (Å²) in [7, 11) is -2.72. The molecular weight excluding hydrogens is 384 g/mol. The van der Waals surface area contributed by atoms with Crippen LogP contribution in [0.15, 0.2) is 52.5 Å².